The van der Waals surface area contributed by atoms with Gasteiger partial charge in [0.2, 0.25) is 0 Å². The highest BCUT2D eigenvalue weighted by molar-refractivity contribution is 7.99. The number of rotatable bonds is 4. The lowest BCUT2D eigenvalue weighted by atomic mass is 9.69. The zero-order valence-corrected chi connectivity index (χ0v) is 17.9. The number of ketones is 1. The molecule has 0 unspecified atom stereocenters. The number of aromatic amines is 1. The number of anilines is 1. The van der Waals surface area contributed by atoms with Crippen LogP contribution < -0.4 is 10.9 Å². The van der Waals surface area contributed by atoms with E-state index in [1.54, 1.807) is 18.2 Å². The van der Waals surface area contributed by atoms with E-state index in [1.807, 2.05) is 12.1 Å². The smallest absolute Gasteiger partial charge is 0.257 e. The number of benzene rings is 1. The molecule has 1 aliphatic carbocycles. The van der Waals surface area contributed by atoms with Crippen LogP contribution in [0.15, 0.2) is 58.1 Å². The summed E-state index contributed by atoms with van der Waals surface area (Å²) in [7, 11) is 0. The lowest BCUT2D eigenvalue weighted by molar-refractivity contribution is -0.118. The van der Waals surface area contributed by atoms with Crippen molar-refractivity contribution in [2.24, 2.45) is 5.41 Å². The van der Waals surface area contributed by atoms with Crippen molar-refractivity contribution in [1.29, 1.82) is 0 Å². The third kappa shape index (κ3) is 3.79. The Labute approximate surface area is 178 Å². The molecule has 7 heteroatoms. The molecule has 2 aliphatic rings. The number of carbonyl (C=O) groups excluding carboxylic acids is 1. The molecule has 1 atom stereocenters. The SMILES string of the molecule is C=CCSc1nc2c(c(=O)[nH]1)[C@@H](c1ccc(Cl)cc1)C1=C(CC(C)(C)CC1=O)N2. The fourth-order valence-electron chi connectivity index (χ4n) is 4.09. The van der Waals surface area contributed by atoms with E-state index in [0.717, 1.165) is 17.7 Å². The predicted octanol–water partition coefficient (Wildman–Crippen LogP) is 4.90. The number of fused-ring (bicyclic) bond motifs is 1. The summed E-state index contributed by atoms with van der Waals surface area (Å²) in [5.41, 5.74) is 2.47. The van der Waals surface area contributed by atoms with E-state index in [1.165, 1.54) is 11.8 Å². The minimum atomic E-state index is -0.461. The number of thioether (sulfide) groups is 1. The van der Waals surface area contributed by atoms with Crippen LogP contribution in [0, 0.1) is 5.41 Å². The fourth-order valence-corrected chi connectivity index (χ4v) is 4.81. The van der Waals surface area contributed by atoms with Crippen molar-refractivity contribution in [2.75, 3.05) is 11.1 Å². The molecule has 2 N–H and O–H groups in total. The Morgan fingerprint density at radius 2 is 2.00 bits per heavy atom. The molecular weight excluding hydrogens is 406 g/mol. The van der Waals surface area contributed by atoms with Crippen LogP contribution in [-0.4, -0.2) is 21.5 Å². The molecule has 1 aromatic carbocycles. The summed E-state index contributed by atoms with van der Waals surface area (Å²) < 4.78 is 0. The Morgan fingerprint density at radius 1 is 1.28 bits per heavy atom. The first kappa shape index (κ1) is 20.0. The van der Waals surface area contributed by atoms with Gasteiger partial charge in [0, 0.05) is 34.4 Å². The normalized spacial score (nSPS) is 20.0. The number of aromatic nitrogens is 2. The number of H-pyrrole nitrogens is 1. The number of halogens is 1. The maximum Gasteiger partial charge on any atom is 0.257 e. The number of hydrogen-bond acceptors (Lipinski definition) is 5. The van der Waals surface area contributed by atoms with E-state index < -0.39 is 5.92 Å². The number of nitrogens with one attached hydrogen (secondary N) is 2. The van der Waals surface area contributed by atoms with E-state index in [0.29, 0.717) is 39.3 Å². The summed E-state index contributed by atoms with van der Waals surface area (Å²) in [5.74, 6) is 0.766. The minimum Gasteiger partial charge on any atom is -0.343 e. The number of Topliss-reactive ketones (excluding diaryl/α,β-unsaturated/α-hetero) is 1. The van der Waals surface area contributed by atoms with Crippen molar-refractivity contribution in [3.63, 3.8) is 0 Å². The van der Waals surface area contributed by atoms with Crippen LogP contribution in [0.3, 0.4) is 0 Å². The molecule has 150 valence electrons. The molecule has 0 amide bonds. The van der Waals surface area contributed by atoms with Gasteiger partial charge in [-0.1, -0.05) is 55.4 Å². The second-order valence-electron chi connectivity index (χ2n) is 8.18. The van der Waals surface area contributed by atoms with Crippen molar-refractivity contribution in [3.8, 4) is 0 Å². The van der Waals surface area contributed by atoms with Gasteiger partial charge in [-0.25, -0.2) is 4.98 Å². The van der Waals surface area contributed by atoms with Gasteiger partial charge in [-0.3, -0.25) is 9.59 Å². The van der Waals surface area contributed by atoms with Gasteiger partial charge in [0.05, 0.1) is 5.56 Å². The molecule has 5 nitrogen and oxygen atoms in total. The molecule has 4 rings (SSSR count). The van der Waals surface area contributed by atoms with Crippen LogP contribution in [0.1, 0.15) is 43.7 Å². The standard InChI is InChI=1S/C22H22ClN3O2S/c1-4-9-29-21-25-19-18(20(28)26-21)16(12-5-7-13(23)8-6-12)17-14(24-19)10-22(2,3)11-15(17)27/h4-8,16H,1,9-11H2,2-3H3,(H2,24,25,26,28)/t16-/m0/s1. The molecule has 0 saturated heterocycles. The van der Waals surface area contributed by atoms with Crippen LogP contribution in [0.5, 0.6) is 0 Å². The summed E-state index contributed by atoms with van der Waals surface area (Å²) in [5, 5.41) is 4.45. The molecule has 29 heavy (non-hydrogen) atoms. The molecule has 0 bridgehead atoms. The fraction of sp³-hybridized carbons (Fsp3) is 0.318. The molecule has 0 fully saturated rings. The largest absolute Gasteiger partial charge is 0.343 e. The van der Waals surface area contributed by atoms with Gasteiger partial charge in [-0.15, -0.1) is 6.58 Å². The van der Waals surface area contributed by atoms with E-state index in [4.69, 9.17) is 11.6 Å². The Morgan fingerprint density at radius 3 is 2.69 bits per heavy atom. The number of allylic oxidation sites excluding steroid dienone is 2. The summed E-state index contributed by atoms with van der Waals surface area (Å²) >= 11 is 7.48. The highest BCUT2D eigenvalue weighted by Crippen LogP contribution is 2.47. The van der Waals surface area contributed by atoms with Gasteiger partial charge < -0.3 is 10.3 Å². The van der Waals surface area contributed by atoms with Crippen LogP contribution in [0.4, 0.5) is 5.82 Å². The van der Waals surface area contributed by atoms with E-state index in [9.17, 15) is 9.59 Å². The highest BCUT2D eigenvalue weighted by atomic mass is 35.5. The van der Waals surface area contributed by atoms with Crippen molar-refractivity contribution < 1.29 is 4.79 Å². The summed E-state index contributed by atoms with van der Waals surface area (Å²) in [4.78, 5) is 33.7. The van der Waals surface area contributed by atoms with Crippen LogP contribution in [0.2, 0.25) is 5.02 Å². The highest BCUT2D eigenvalue weighted by Gasteiger charge is 2.42. The predicted molar refractivity (Wildman–Crippen MR) is 118 cm³/mol. The molecule has 1 aliphatic heterocycles. The average molecular weight is 428 g/mol. The summed E-state index contributed by atoms with van der Waals surface area (Å²) in [6.45, 7) is 7.88. The molecule has 2 heterocycles. The van der Waals surface area contributed by atoms with Gasteiger partial charge in [0.1, 0.15) is 5.82 Å². The Kier molecular flexibility index (Phi) is 5.17. The van der Waals surface area contributed by atoms with Crippen molar-refractivity contribution in [2.45, 2.75) is 37.8 Å². The quantitative estimate of drug-likeness (QED) is 0.412. The second kappa shape index (κ2) is 7.50. The molecule has 0 saturated carbocycles. The number of hydrogen-bond donors (Lipinski definition) is 2. The average Bonchev–Trinajstić information content (AvgIpc) is 2.64. The second-order valence-corrected chi connectivity index (χ2v) is 9.62. The summed E-state index contributed by atoms with van der Waals surface area (Å²) in [6.07, 6.45) is 2.93. The number of carbonyl (C=O) groups is 1. The molecule has 0 radical (unpaired) electrons. The topological polar surface area (TPSA) is 74.8 Å². The maximum absolute atomic E-state index is 13.2. The first-order valence-corrected chi connectivity index (χ1v) is 10.8. The van der Waals surface area contributed by atoms with Gasteiger partial charge in [-0.05, 0) is 29.5 Å². The Bertz CT molecular complexity index is 1090. The molecular formula is C22H22ClN3O2S. The summed E-state index contributed by atoms with van der Waals surface area (Å²) in [6, 6.07) is 7.32. The van der Waals surface area contributed by atoms with Gasteiger partial charge in [-0.2, -0.15) is 0 Å². The molecule has 2 aromatic rings. The molecule has 0 spiro atoms. The van der Waals surface area contributed by atoms with E-state index >= 15 is 0 Å². The third-order valence-corrected chi connectivity index (χ3v) is 6.36. The first-order chi connectivity index (χ1) is 13.8. The van der Waals surface area contributed by atoms with E-state index in [-0.39, 0.29) is 16.8 Å². The van der Waals surface area contributed by atoms with Gasteiger partial charge in [0.15, 0.2) is 10.9 Å². The van der Waals surface area contributed by atoms with E-state index in [2.05, 4.69) is 35.7 Å². The van der Waals surface area contributed by atoms with Gasteiger partial charge >= 0.3 is 0 Å². The minimum absolute atomic E-state index is 0.0684. The lowest BCUT2D eigenvalue weighted by Crippen LogP contribution is -2.37. The van der Waals surface area contributed by atoms with Crippen molar-refractivity contribution >= 4 is 35.0 Å². The zero-order valence-electron chi connectivity index (χ0n) is 16.3. The van der Waals surface area contributed by atoms with Gasteiger partial charge in [0.25, 0.3) is 5.56 Å². The molecule has 1 aromatic heterocycles. The van der Waals surface area contributed by atoms with Crippen molar-refractivity contribution in [3.05, 3.63) is 74.7 Å². The monoisotopic (exact) mass is 427 g/mol. The number of nitrogens with zero attached hydrogens (tertiary/aromatic N) is 1. The van der Waals surface area contributed by atoms with Crippen LogP contribution in [-0.2, 0) is 4.79 Å². The van der Waals surface area contributed by atoms with Crippen LogP contribution >= 0.6 is 23.4 Å². The maximum atomic E-state index is 13.2. The third-order valence-electron chi connectivity index (χ3n) is 5.24. The zero-order chi connectivity index (χ0) is 20.8. The first-order valence-electron chi connectivity index (χ1n) is 9.46. The lowest BCUT2D eigenvalue weighted by Gasteiger charge is -2.38. The Balaban J connectivity index is 1.92. The Hall–Kier alpha value is -2.31. The van der Waals surface area contributed by atoms with Crippen LogP contribution in [0.25, 0.3) is 0 Å². The van der Waals surface area contributed by atoms with Crippen molar-refractivity contribution in [1.82, 2.24) is 9.97 Å².